The molecule has 0 amide bonds. The van der Waals surface area contributed by atoms with E-state index in [9.17, 15) is 5.11 Å². The highest BCUT2D eigenvalue weighted by Crippen LogP contribution is 2.03. The van der Waals surface area contributed by atoms with Gasteiger partial charge in [-0.3, -0.25) is 9.80 Å². The van der Waals surface area contributed by atoms with Crippen molar-refractivity contribution in [3.05, 3.63) is 0 Å². The van der Waals surface area contributed by atoms with Crippen LogP contribution in [0.25, 0.3) is 0 Å². The van der Waals surface area contributed by atoms with Crippen LogP contribution < -0.4 is 0 Å². The molecule has 2 atom stereocenters. The molecule has 1 rings (SSSR count). The highest BCUT2D eigenvalue weighted by atomic mass is 16.5. The summed E-state index contributed by atoms with van der Waals surface area (Å²) in [6.45, 7) is 7.49. The van der Waals surface area contributed by atoms with Crippen molar-refractivity contribution in [3.63, 3.8) is 0 Å². The maximum atomic E-state index is 9.91. The standard InChI is InChI=1S/C13H25N3O3/c1-12(10-18-2)19-11-13(17)9-16-7-5-15(4-3-14)6-8-16/h12-13,17H,4-11H2,1-2H3. The molecular weight excluding hydrogens is 246 g/mol. The fourth-order valence-electron chi connectivity index (χ4n) is 2.14. The van der Waals surface area contributed by atoms with Crippen LogP contribution in [0.4, 0.5) is 0 Å². The number of aliphatic hydroxyl groups is 1. The third kappa shape index (κ3) is 6.85. The SMILES string of the molecule is COCC(C)OCC(O)CN1CCN(CC#N)CC1. The number of nitrogens with zero attached hydrogens (tertiary/aromatic N) is 3. The Morgan fingerprint density at radius 2 is 1.84 bits per heavy atom. The zero-order valence-electron chi connectivity index (χ0n) is 11.9. The van der Waals surface area contributed by atoms with Gasteiger partial charge in [0.1, 0.15) is 0 Å². The van der Waals surface area contributed by atoms with E-state index < -0.39 is 6.10 Å². The molecule has 1 N–H and O–H groups in total. The van der Waals surface area contributed by atoms with Crippen LogP contribution in [-0.2, 0) is 9.47 Å². The normalized spacial score (nSPS) is 20.9. The zero-order valence-corrected chi connectivity index (χ0v) is 11.9. The molecular formula is C13H25N3O3. The average molecular weight is 271 g/mol. The fraction of sp³-hybridized carbons (Fsp3) is 0.923. The molecule has 0 aliphatic carbocycles. The van der Waals surface area contributed by atoms with E-state index in [4.69, 9.17) is 14.7 Å². The Kier molecular flexibility index (Phi) is 7.94. The number of aliphatic hydroxyl groups excluding tert-OH is 1. The van der Waals surface area contributed by atoms with Gasteiger partial charge in [0.15, 0.2) is 0 Å². The summed E-state index contributed by atoms with van der Waals surface area (Å²) in [5.41, 5.74) is 0. The first-order chi connectivity index (χ1) is 9.15. The molecule has 0 radical (unpaired) electrons. The topological polar surface area (TPSA) is 69.0 Å². The lowest BCUT2D eigenvalue weighted by Crippen LogP contribution is -2.49. The van der Waals surface area contributed by atoms with Gasteiger partial charge >= 0.3 is 0 Å². The highest BCUT2D eigenvalue weighted by Gasteiger charge is 2.19. The molecule has 19 heavy (non-hydrogen) atoms. The molecule has 0 bridgehead atoms. The number of piperazine rings is 1. The Morgan fingerprint density at radius 1 is 1.21 bits per heavy atom. The summed E-state index contributed by atoms with van der Waals surface area (Å²) in [5.74, 6) is 0. The summed E-state index contributed by atoms with van der Waals surface area (Å²) >= 11 is 0. The van der Waals surface area contributed by atoms with Gasteiger partial charge in [-0.15, -0.1) is 0 Å². The lowest BCUT2D eigenvalue weighted by Gasteiger charge is -2.34. The Bertz CT molecular complexity index is 275. The molecule has 0 aromatic heterocycles. The Morgan fingerprint density at radius 3 is 2.42 bits per heavy atom. The molecule has 110 valence electrons. The van der Waals surface area contributed by atoms with Gasteiger partial charge in [-0.25, -0.2) is 0 Å². The van der Waals surface area contributed by atoms with Gasteiger partial charge in [0.05, 0.1) is 38.0 Å². The number of rotatable bonds is 8. The molecule has 0 saturated carbocycles. The molecule has 0 aromatic rings. The van der Waals surface area contributed by atoms with Gasteiger partial charge in [0.25, 0.3) is 0 Å². The predicted octanol–water partition coefficient (Wildman–Crippen LogP) is -0.460. The van der Waals surface area contributed by atoms with Crippen LogP contribution in [0.1, 0.15) is 6.92 Å². The second kappa shape index (κ2) is 9.23. The first-order valence-corrected chi connectivity index (χ1v) is 6.76. The van der Waals surface area contributed by atoms with Gasteiger partial charge in [-0.2, -0.15) is 5.26 Å². The van der Waals surface area contributed by atoms with Crippen molar-refractivity contribution in [1.82, 2.24) is 9.80 Å². The number of hydrogen-bond donors (Lipinski definition) is 1. The molecule has 2 unspecified atom stereocenters. The van der Waals surface area contributed by atoms with Crippen LogP contribution in [-0.4, -0.2) is 86.7 Å². The number of hydrogen-bond acceptors (Lipinski definition) is 6. The monoisotopic (exact) mass is 271 g/mol. The van der Waals surface area contributed by atoms with Gasteiger partial charge in [-0.1, -0.05) is 0 Å². The van der Waals surface area contributed by atoms with Crippen molar-refractivity contribution in [3.8, 4) is 6.07 Å². The molecule has 1 aliphatic rings. The highest BCUT2D eigenvalue weighted by molar-refractivity contribution is 4.81. The van der Waals surface area contributed by atoms with E-state index in [1.165, 1.54) is 0 Å². The number of ether oxygens (including phenoxy) is 2. The van der Waals surface area contributed by atoms with Crippen LogP contribution in [0.15, 0.2) is 0 Å². The van der Waals surface area contributed by atoms with Crippen LogP contribution in [0.5, 0.6) is 0 Å². The van der Waals surface area contributed by atoms with Gasteiger partial charge in [0, 0.05) is 39.8 Å². The summed E-state index contributed by atoms with van der Waals surface area (Å²) in [5, 5.41) is 18.5. The van der Waals surface area contributed by atoms with E-state index in [-0.39, 0.29) is 6.10 Å². The van der Waals surface area contributed by atoms with Gasteiger partial charge in [-0.05, 0) is 6.92 Å². The number of methoxy groups -OCH3 is 1. The number of nitriles is 1. The van der Waals surface area contributed by atoms with Gasteiger partial charge in [0.2, 0.25) is 0 Å². The molecule has 0 aromatic carbocycles. The van der Waals surface area contributed by atoms with E-state index in [2.05, 4.69) is 15.9 Å². The first kappa shape index (κ1) is 16.3. The van der Waals surface area contributed by atoms with Crippen LogP contribution in [0.2, 0.25) is 0 Å². The summed E-state index contributed by atoms with van der Waals surface area (Å²) in [6.07, 6.45) is -0.464. The largest absolute Gasteiger partial charge is 0.389 e. The Hall–Kier alpha value is -0.710. The summed E-state index contributed by atoms with van der Waals surface area (Å²) in [6, 6.07) is 2.16. The van der Waals surface area contributed by atoms with E-state index in [0.717, 1.165) is 26.2 Å². The van der Waals surface area contributed by atoms with Gasteiger partial charge < -0.3 is 14.6 Å². The summed E-state index contributed by atoms with van der Waals surface area (Å²) < 4.78 is 10.5. The quantitative estimate of drug-likeness (QED) is 0.603. The fourth-order valence-corrected chi connectivity index (χ4v) is 2.14. The van der Waals surface area contributed by atoms with Crippen molar-refractivity contribution in [2.75, 3.05) is 59.6 Å². The third-order valence-electron chi connectivity index (χ3n) is 3.20. The smallest absolute Gasteiger partial charge is 0.0900 e. The number of β-amino-alcohol motifs (C(OH)–C–C–N with tert-alkyl or cyclic N) is 1. The predicted molar refractivity (Wildman–Crippen MR) is 71.8 cm³/mol. The molecule has 1 saturated heterocycles. The molecule has 1 fully saturated rings. The minimum absolute atomic E-state index is 0.00660. The zero-order chi connectivity index (χ0) is 14.1. The summed E-state index contributed by atoms with van der Waals surface area (Å²) in [7, 11) is 1.64. The summed E-state index contributed by atoms with van der Waals surface area (Å²) in [4.78, 5) is 4.34. The molecule has 6 nitrogen and oxygen atoms in total. The Labute approximate surface area is 115 Å². The minimum atomic E-state index is -0.471. The molecule has 6 heteroatoms. The van der Waals surface area contributed by atoms with E-state index >= 15 is 0 Å². The maximum absolute atomic E-state index is 9.91. The van der Waals surface area contributed by atoms with E-state index in [0.29, 0.717) is 26.3 Å². The first-order valence-electron chi connectivity index (χ1n) is 6.76. The van der Waals surface area contributed by atoms with Crippen molar-refractivity contribution >= 4 is 0 Å². The lowest BCUT2D eigenvalue weighted by atomic mass is 10.2. The molecule has 1 aliphatic heterocycles. The Balaban J connectivity index is 2.13. The lowest BCUT2D eigenvalue weighted by molar-refractivity contribution is -0.0424. The van der Waals surface area contributed by atoms with E-state index in [1.807, 2.05) is 6.92 Å². The van der Waals surface area contributed by atoms with Crippen molar-refractivity contribution < 1.29 is 14.6 Å². The van der Waals surface area contributed by atoms with Crippen LogP contribution in [0, 0.1) is 11.3 Å². The van der Waals surface area contributed by atoms with Crippen molar-refractivity contribution in [2.24, 2.45) is 0 Å². The van der Waals surface area contributed by atoms with Crippen LogP contribution in [0.3, 0.4) is 0 Å². The molecule has 0 spiro atoms. The van der Waals surface area contributed by atoms with Crippen molar-refractivity contribution in [1.29, 1.82) is 5.26 Å². The average Bonchev–Trinajstić information content (AvgIpc) is 2.39. The second-order valence-corrected chi connectivity index (χ2v) is 4.99. The van der Waals surface area contributed by atoms with Crippen LogP contribution >= 0.6 is 0 Å². The van der Waals surface area contributed by atoms with E-state index in [1.54, 1.807) is 7.11 Å². The van der Waals surface area contributed by atoms with Crippen molar-refractivity contribution in [2.45, 2.75) is 19.1 Å². The minimum Gasteiger partial charge on any atom is -0.389 e. The molecule has 1 heterocycles. The third-order valence-corrected chi connectivity index (χ3v) is 3.20. The maximum Gasteiger partial charge on any atom is 0.0900 e. The second-order valence-electron chi connectivity index (χ2n) is 4.99.